The van der Waals surface area contributed by atoms with Gasteiger partial charge in [0.25, 0.3) is 0 Å². The molecule has 3 N–H and O–H groups in total. The minimum absolute atomic E-state index is 0.149. The van der Waals surface area contributed by atoms with E-state index in [0.29, 0.717) is 20.5 Å². The molecule has 0 aliphatic heterocycles. The Morgan fingerprint density at radius 1 is 1.25 bits per heavy atom. The zero-order valence-corrected chi connectivity index (χ0v) is 12.6. The van der Waals surface area contributed by atoms with Crippen LogP contribution in [-0.2, 0) is 0 Å². The second kappa shape index (κ2) is 5.50. The van der Waals surface area contributed by atoms with Crippen molar-refractivity contribution in [3.05, 3.63) is 44.4 Å². The van der Waals surface area contributed by atoms with E-state index in [2.05, 4.69) is 0 Å². The van der Waals surface area contributed by atoms with Crippen LogP contribution in [0.1, 0.15) is 18.5 Å². The molecule has 0 saturated heterocycles. The molecule has 1 atom stereocenters. The molecule has 0 fully saturated rings. The third kappa shape index (κ3) is 2.91. The largest absolute Gasteiger partial charge is 0.564 e. The van der Waals surface area contributed by atoms with Gasteiger partial charge in [0.1, 0.15) is 5.75 Å². The zero-order chi connectivity index (χ0) is 15.1. The van der Waals surface area contributed by atoms with Gasteiger partial charge in [0.2, 0.25) is 0 Å². The Labute approximate surface area is 128 Å². The maximum Gasteiger partial charge on any atom is 0.178 e. The van der Waals surface area contributed by atoms with Gasteiger partial charge < -0.3 is 10.3 Å². The number of aromatic hydroxyl groups is 1. The van der Waals surface area contributed by atoms with Crippen LogP contribution in [-0.4, -0.2) is 20.5 Å². The van der Waals surface area contributed by atoms with Gasteiger partial charge in [-0.3, -0.25) is 0 Å². The lowest BCUT2D eigenvalue weighted by atomic mass is 10.1. The van der Waals surface area contributed by atoms with Gasteiger partial charge in [-0.25, -0.2) is 0 Å². The van der Waals surface area contributed by atoms with E-state index in [4.69, 9.17) is 33.6 Å². The summed E-state index contributed by atoms with van der Waals surface area (Å²) in [5.74, 6) is -0.178. The van der Waals surface area contributed by atoms with Crippen molar-refractivity contribution in [3.63, 3.8) is 0 Å². The number of hydrogen-bond acceptors (Lipinski definition) is 5. The van der Waals surface area contributed by atoms with Gasteiger partial charge in [-0.15, -0.1) is 11.3 Å². The number of hydrogen-bond donors (Lipinski definition) is 3. The second-order valence-corrected chi connectivity index (χ2v) is 5.96. The van der Waals surface area contributed by atoms with E-state index < -0.39 is 11.0 Å². The first kappa shape index (κ1) is 15.5. The fourth-order valence-electron chi connectivity index (χ4n) is 1.68. The van der Waals surface area contributed by atoms with Crippen LogP contribution in [0.5, 0.6) is 5.75 Å². The highest BCUT2D eigenvalue weighted by molar-refractivity contribution is 7.14. The van der Waals surface area contributed by atoms with Crippen LogP contribution >= 0.6 is 34.5 Å². The maximum atomic E-state index is 11.1. The van der Waals surface area contributed by atoms with Crippen molar-refractivity contribution in [2.45, 2.75) is 13.0 Å². The molecule has 108 valence electrons. The van der Waals surface area contributed by atoms with Crippen LogP contribution in [0, 0.1) is 5.21 Å². The normalized spacial score (nSPS) is 13.5. The quantitative estimate of drug-likeness (QED) is 0.566. The van der Waals surface area contributed by atoms with Crippen molar-refractivity contribution < 1.29 is 20.5 Å². The molecular formula is C12H11Cl2NO4S. The van der Waals surface area contributed by atoms with E-state index in [9.17, 15) is 10.3 Å². The fourth-order valence-corrected chi connectivity index (χ4v) is 3.03. The SMILES string of the molecule is CC(c1csc(-c2ccc(Cl)c(Cl)c2)c1O)[N+]([O-])(O)O. The first-order valence-corrected chi connectivity index (χ1v) is 7.16. The van der Waals surface area contributed by atoms with Gasteiger partial charge in [-0.1, -0.05) is 34.2 Å². The van der Waals surface area contributed by atoms with Gasteiger partial charge in [-0.2, -0.15) is 10.4 Å². The molecule has 5 nitrogen and oxygen atoms in total. The smallest absolute Gasteiger partial charge is 0.178 e. The molecule has 20 heavy (non-hydrogen) atoms. The third-order valence-electron chi connectivity index (χ3n) is 2.93. The molecule has 0 aliphatic carbocycles. The first-order chi connectivity index (χ1) is 9.21. The zero-order valence-electron chi connectivity index (χ0n) is 10.2. The maximum absolute atomic E-state index is 11.1. The molecule has 0 spiro atoms. The lowest BCUT2D eigenvalue weighted by Crippen LogP contribution is -2.36. The Morgan fingerprint density at radius 3 is 2.45 bits per heavy atom. The van der Waals surface area contributed by atoms with Crippen LogP contribution in [0.25, 0.3) is 10.4 Å². The summed E-state index contributed by atoms with van der Waals surface area (Å²) >= 11 is 12.9. The number of rotatable bonds is 3. The average Bonchev–Trinajstić information content (AvgIpc) is 2.72. The lowest BCUT2D eigenvalue weighted by Gasteiger charge is -2.29. The van der Waals surface area contributed by atoms with Crippen molar-refractivity contribution in [2.24, 2.45) is 0 Å². The first-order valence-electron chi connectivity index (χ1n) is 5.52. The van der Waals surface area contributed by atoms with Gasteiger partial charge in [0.05, 0.1) is 20.5 Å². The molecule has 2 aromatic rings. The van der Waals surface area contributed by atoms with E-state index in [-0.39, 0.29) is 11.3 Å². The Kier molecular flexibility index (Phi) is 4.27. The van der Waals surface area contributed by atoms with Crippen LogP contribution < -0.4 is 0 Å². The Morgan fingerprint density at radius 2 is 1.90 bits per heavy atom. The van der Waals surface area contributed by atoms with Crippen LogP contribution in [0.15, 0.2) is 23.6 Å². The number of thiophene rings is 1. The average molecular weight is 336 g/mol. The van der Waals surface area contributed by atoms with Crippen molar-refractivity contribution in [1.29, 1.82) is 0 Å². The molecule has 1 aromatic carbocycles. The summed E-state index contributed by atoms with van der Waals surface area (Å²) in [6.07, 6.45) is 0. The summed E-state index contributed by atoms with van der Waals surface area (Å²) in [6, 6.07) is 3.61. The summed E-state index contributed by atoms with van der Waals surface area (Å²) in [4.78, 5) is -2.02. The van der Waals surface area contributed by atoms with Crippen molar-refractivity contribution in [3.8, 4) is 16.2 Å². The van der Waals surface area contributed by atoms with Crippen LogP contribution in [0.3, 0.4) is 0 Å². The van der Waals surface area contributed by atoms with Crippen LogP contribution in [0.4, 0.5) is 0 Å². The molecule has 0 aliphatic rings. The molecule has 0 saturated carbocycles. The molecule has 2 rings (SSSR count). The molecule has 1 heterocycles. The van der Waals surface area contributed by atoms with E-state index in [1.165, 1.54) is 23.6 Å². The monoisotopic (exact) mass is 335 g/mol. The third-order valence-corrected chi connectivity index (χ3v) is 4.70. The van der Waals surface area contributed by atoms with Crippen LogP contribution in [0.2, 0.25) is 10.0 Å². The van der Waals surface area contributed by atoms with Crippen molar-refractivity contribution >= 4 is 34.5 Å². The number of nitrogens with zero attached hydrogens (tertiary/aromatic N) is 1. The predicted octanol–water partition coefficient (Wildman–Crippen LogP) is 4.58. The van der Waals surface area contributed by atoms with E-state index in [0.717, 1.165) is 0 Å². The Bertz CT molecular complexity index is 639. The van der Waals surface area contributed by atoms with Crippen molar-refractivity contribution in [2.75, 3.05) is 0 Å². The van der Waals surface area contributed by atoms with Gasteiger partial charge in [0, 0.05) is 5.38 Å². The molecule has 1 aromatic heterocycles. The van der Waals surface area contributed by atoms with Gasteiger partial charge in [0.15, 0.2) is 6.04 Å². The molecule has 1 unspecified atom stereocenters. The second-order valence-electron chi connectivity index (χ2n) is 4.26. The molecule has 0 amide bonds. The topological polar surface area (TPSA) is 83.8 Å². The summed E-state index contributed by atoms with van der Waals surface area (Å²) in [5, 5.41) is 41.5. The molecular weight excluding hydrogens is 325 g/mol. The standard InChI is InChI=1S/C12H11Cl2NO4S/c1-6(15(17,18)19)8-5-20-12(11(8)16)7-2-3-9(13)10(14)4-7/h2-6,16-18H,1H3. The minimum atomic E-state index is -2.49. The van der Waals surface area contributed by atoms with E-state index >= 15 is 0 Å². The molecule has 0 radical (unpaired) electrons. The number of benzene rings is 1. The highest BCUT2D eigenvalue weighted by Gasteiger charge is 2.29. The predicted molar refractivity (Wildman–Crippen MR) is 77.1 cm³/mol. The Balaban J connectivity index is 2.45. The van der Waals surface area contributed by atoms with Gasteiger partial charge in [-0.05, 0) is 24.6 Å². The van der Waals surface area contributed by atoms with E-state index in [1.54, 1.807) is 18.2 Å². The van der Waals surface area contributed by atoms with E-state index in [1.807, 2.05) is 0 Å². The summed E-state index contributed by atoms with van der Waals surface area (Å²) in [5.41, 5.74) is 0.774. The number of halogens is 2. The minimum Gasteiger partial charge on any atom is -0.564 e. The summed E-state index contributed by atoms with van der Waals surface area (Å²) in [7, 11) is 0. The highest BCUT2D eigenvalue weighted by Crippen LogP contribution is 2.44. The molecule has 0 bridgehead atoms. The molecule has 8 heteroatoms. The highest BCUT2D eigenvalue weighted by atomic mass is 35.5. The van der Waals surface area contributed by atoms with Crippen molar-refractivity contribution in [1.82, 2.24) is 0 Å². The number of hydroxylamine groups is 3. The van der Waals surface area contributed by atoms with Gasteiger partial charge >= 0.3 is 0 Å². The fraction of sp³-hybridized carbons (Fsp3) is 0.167. The number of quaternary nitrogens is 1. The summed E-state index contributed by atoms with van der Waals surface area (Å²) < 4.78 is 0. The summed E-state index contributed by atoms with van der Waals surface area (Å²) in [6.45, 7) is 1.30. The Hall–Kier alpha value is -0.860. The lowest BCUT2D eigenvalue weighted by molar-refractivity contribution is -1.23.